The molecular formula is C13H24N2O4. The van der Waals surface area contributed by atoms with Crippen LogP contribution in [0, 0.1) is 5.92 Å². The standard InChI is InChI=1S/C13H24N2O4/c1-13(2,3)19-12(18)15-9-7-5-4-6-8(9)10(14)11(16)17/h8-10H,4-7,14H2,1-3H3,(H,15,18)(H,16,17). The number of carbonyl (C=O) groups is 2. The lowest BCUT2D eigenvalue weighted by Gasteiger charge is -2.34. The predicted octanol–water partition coefficient (Wildman–Crippen LogP) is 1.48. The van der Waals surface area contributed by atoms with Gasteiger partial charge in [0.25, 0.3) is 0 Å². The number of carboxylic acids is 1. The number of carboxylic acid groups (broad SMARTS) is 1. The molecule has 0 saturated heterocycles. The Kier molecular flexibility index (Phi) is 5.17. The summed E-state index contributed by atoms with van der Waals surface area (Å²) in [7, 11) is 0. The number of nitrogens with two attached hydrogens (primary N) is 1. The van der Waals surface area contributed by atoms with Crippen LogP contribution in [0.1, 0.15) is 46.5 Å². The van der Waals surface area contributed by atoms with Gasteiger partial charge in [-0.3, -0.25) is 4.79 Å². The maximum absolute atomic E-state index is 11.7. The molecule has 19 heavy (non-hydrogen) atoms. The number of rotatable bonds is 3. The van der Waals surface area contributed by atoms with Crippen molar-refractivity contribution in [2.24, 2.45) is 11.7 Å². The van der Waals surface area contributed by atoms with Crippen LogP contribution >= 0.6 is 0 Å². The first-order chi connectivity index (χ1) is 8.70. The summed E-state index contributed by atoms with van der Waals surface area (Å²) in [5.41, 5.74) is 5.13. The van der Waals surface area contributed by atoms with Crippen LogP contribution in [0.3, 0.4) is 0 Å². The van der Waals surface area contributed by atoms with E-state index in [0.29, 0.717) is 6.42 Å². The van der Waals surface area contributed by atoms with Gasteiger partial charge in [-0.2, -0.15) is 0 Å². The predicted molar refractivity (Wildman–Crippen MR) is 70.7 cm³/mol. The zero-order valence-corrected chi connectivity index (χ0v) is 11.8. The Morgan fingerprint density at radius 1 is 1.32 bits per heavy atom. The Bertz CT molecular complexity index is 338. The van der Waals surface area contributed by atoms with Gasteiger partial charge in [-0.15, -0.1) is 0 Å². The SMILES string of the molecule is CC(C)(C)OC(=O)NC1CCCCC1C(N)C(=O)O. The van der Waals surface area contributed by atoms with Crippen molar-refractivity contribution in [1.29, 1.82) is 0 Å². The van der Waals surface area contributed by atoms with Crippen LogP contribution in [0.4, 0.5) is 4.79 Å². The minimum absolute atomic E-state index is 0.227. The van der Waals surface area contributed by atoms with Crippen molar-refractivity contribution in [3.05, 3.63) is 0 Å². The molecule has 1 aliphatic carbocycles. The number of amides is 1. The third-order valence-electron chi connectivity index (χ3n) is 3.27. The molecule has 0 aromatic heterocycles. The van der Waals surface area contributed by atoms with Crippen LogP contribution in [-0.4, -0.2) is 34.9 Å². The van der Waals surface area contributed by atoms with Crippen LogP contribution < -0.4 is 11.1 Å². The molecule has 3 unspecified atom stereocenters. The van der Waals surface area contributed by atoms with Gasteiger partial charge >= 0.3 is 12.1 Å². The molecule has 1 amide bonds. The van der Waals surface area contributed by atoms with E-state index in [1.807, 2.05) is 0 Å². The first-order valence-corrected chi connectivity index (χ1v) is 6.68. The first-order valence-electron chi connectivity index (χ1n) is 6.68. The fourth-order valence-electron chi connectivity index (χ4n) is 2.41. The van der Waals surface area contributed by atoms with E-state index in [1.54, 1.807) is 20.8 Å². The average Bonchev–Trinajstić information content (AvgIpc) is 2.26. The van der Waals surface area contributed by atoms with Crippen molar-refractivity contribution in [2.75, 3.05) is 0 Å². The van der Waals surface area contributed by atoms with E-state index in [4.69, 9.17) is 15.6 Å². The van der Waals surface area contributed by atoms with Gasteiger partial charge in [-0.1, -0.05) is 12.8 Å². The molecule has 0 bridgehead atoms. The highest BCUT2D eigenvalue weighted by atomic mass is 16.6. The molecule has 1 fully saturated rings. The van der Waals surface area contributed by atoms with Crippen LogP contribution in [0.15, 0.2) is 0 Å². The summed E-state index contributed by atoms with van der Waals surface area (Å²) in [6, 6.07) is -1.17. The zero-order chi connectivity index (χ0) is 14.6. The van der Waals surface area contributed by atoms with Gasteiger partial charge in [0.15, 0.2) is 0 Å². The first kappa shape index (κ1) is 15.8. The lowest BCUT2D eigenvalue weighted by Crippen LogP contribution is -2.52. The Morgan fingerprint density at radius 3 is 2.42 bits per heavy atom. The summed E-state index contributed by atoms with van der Waals surface area (Å²) in [5, 5.41) is 11.8. The second-order valence-corrected chi connectivity index (χ2v) is 6.07. The topological polar surface area (TPSA) is 102 Å². The molecule has 110 valence electrons. The second kappa shape index (κ2) is 6.23. The molecule has 0 heterocycles. The number of nitrogens with one attached hydrogen (secondary N) is 1. The molecule has 0 aliphatic heterocycles. The number of aliphatic carboxylic acids is 1. The summed E-state index contributed by atoms with van der Waals surface area (Å²) in [4.78, 5) is 22.7. The smallest absolute Gasteiger partial charge is 0.407 e. The molecule has 4 N–H and O–H groups in total. The van der Waals surface area contributed by atoms with Gasteiger partial charge in [0.05, 0.1) is 0 Å². The fourth-order valence-corrected chi connectivity index (χ4v) is 2.41. The van der Waals surface area contributed by atoms with Crippen molar-refractivity contribution in [3.63, 3.8) is 0 Å². The number of ether oxygens (including phenoxy) is 1. The molecule has 1 rings (SSSR count). The van der Waals surface area contributed by atoms with E-state index in [9.17, 15) is 9.59 Å². The van der Waals surface area contributed by atoms with Crippen LogP contribution in [0.25, 0.3) is 0 Å². The highest BCUT2D eigenvalue weighted by molar-refractivity contribution is 5.74. The summed E-state index contributed by atoms with van der Waals surface area (Å²) in [5.74, 6) is -1.26. The molecule has 6 heteroatoms. The summed E-state index contributed by atoms with van der Waals surface area (Å²) in [6.45, 7) is 5.36. The number of hydrogen-bond donors (Lipinski definition) is 3. The van der Waals surface area contributed by atoms with E-state index in [2.05, 4.69) is 5.32 Å². The lowest BCUT2D eigenvalue weighted by atomic mass is 9.80. The maximum Gasteiger partial charge on any atom is 0.407 e. The molecule has 6 nitrogen and oxygen atoms in total. The summed E-state index contributed by atoms with van der Waals surface area (Å²) >= 11 is 0. The van der Waals surface area contributed by atoms with Gasteiger partial charge in [0, 0.05) is 12.0 Å². The highest BCUT2D eigenvalue weighted by Crippen LogP contribution is 2.27. The van der Waals surface area contributed by atoms with E-state index in [-0.39, 0.29) is 12.0 Å². The fraction of sp³-hybridized carbons (Fsp3) is 0.846. The van der Waals surface area contributed by atoms with E-state index in [1.165, 1.54) is 0 Å². The van der Waals surface area contributed by atoms with E-state index < -0.39 is 23.7 Å². The van der Waals surface area contributed by atoms with Gasteiger partial charge in [0.1, 0.15) is 11.6 Å². The molecule has 0 aromatic carbocycles. The minimum Gasteiger partial charge on any atom is -0.480 e. The minimum atomic E-state index is -1.03. The van der Waals surface area contributed by atoms with E-state index >= 15 is 0 Å². The van der Waals surface area contributed by atoms with Crippen LogP contribution in [0.5, 0.6) is 0 Å². The van der Waals surface area contributed by atoms with Crippen molar-refractivity contribution in [2.45, 2.75) is 64.1 Å². The molecule has 0 aromatic rings. The molecule has 0 spiro atoms. The van der Waals surface area contributed by atoms with Gasteiger partial charge < -0.3 is 20.9 Å². The molecule has 0 radical (unpaired) electrons. The van der Waals surface area contributed by atoms with Gasteiger partial charge in [-0.05, 0) is 33.6 Å². The van der Waals surface area contributed by atoms with Gasteiger partial charge in [-0.25, -0.2) is 4.79 Å². The highest BCUT2D eigenvalue weighted by Gasteiger charge is 2.35. The lowest BCUT2D eigenvalue weighted by molar-refractivity contribution is -0.140. The Morgan fingerprint density at radius 2 is 1.89 bits per heavy atom. The van der Waals surface area contributed by atoms with Gasteiger partial charge in [0.2, 0.25) is 0 Å². The quantitative estimate of drug-likeness (QED) is 0.722. The summed E-state index contributed by atoms with van der Waals surface area (Å²) in [6.07, 6.45) is 2.85. The van der Waals surface area contributed by atoms with Crippen molar-refractivity contribution < 1.29 is 19.4 Å². The molecular weight excluding hydrogens is 248 g/mol. The van der Waals surface area contributed by atoms with E-state index in [0.717, 1.165) is 19.3 Å². The van der Waals surface area contributed by atoms with Crippen LogP contribution in [-0.2, 0) is 9.53 Å². The normalized spacial score (nSPS) is 25.5. The largest absolute Gasteiger partial charge is 0.480 e. The zero-order valence-electron chi connectivity index (χ0n) is 11.8. The average molecular weight is 272 g/mol. The molecule has 1 aliphatic rings. The molecule has 1 saturated carbocycles. The monoisotopic (exact) mass is 272 g/mol. The Labute approximate surface area is 113 Å². The number of carbonyl (C=O) groups excluding carboxylic acids is 1. The summed E-state index contributed by atoms with van der Waals surface area (Å²) < 4.78 is 5.19. The maximum atomic E-state index is 11.7. The third-order valence-corrected chi connectivity index (χ3v) is 3.27. The van der Waals surface area contributed by atoms with Crippen molar-refractivity contribution in [3.8, 4) is 0 Å². The molecule has 3 atom stereocenters. The van der Waals surface area contributed by atoms with Crippen LogP contribution in [0.2, 0.25) is 0 Å². The number of alkyl carbamates (subject to hydrolysis) is 1. The van der Waals surface area contributed by atoms with Crippen molar-refractivity contribution >= 4 is 12.1 Å². The Balaban J connectivity index is 2.62. The number of hydrogen-bond acceptors (Lipinski definition) is 4. The second-order valence-electron chi connectivity index (χ2n) is 6.07. The Hall–Kier alpha value is -1.30. The third kappa shape index (κ3) is 5.06. The van der Waals surface area contributed by atoms with Crippen molar-refractivity contribution in [1.82, 2.24) is 5.32 Å².